The summed E-state index contributed by atoms with van der Waals surface area (Å²) in [7, 11) is 6.04. The van der Waals surface area contributed by atoms with E-state index in [1.54, 1.807) is 13.1 Å². The number of carbonyl (C=O) groups is 3. The third kappa shape index (κ3) is 16.3. The van der Waals surface area contributed by atoms with E-state index in [-0.39, 0.29) is 39.3 Å². The highest BCUT2D eigenvalue weighted by molar-refractivity contribution is 8.83. The Kier molecular flexibility index (Phi) is 21.5. The molecule has 0 aliphatic rings. The lowest BCUT2D eigenvalue weighted by Crippen LogP contribution is -2.30. The number of ether oxygens (including phenoxy) is 3. The molecule has 1 N–H and O–H groups in total. The largest absolute Gasteiger partial charge is 0.465 e. The van der Waals surface area contributed by atoms with Gasteiger partial charge in [0.25, 0.3) is 0 Å². The van der Waals surface area contributed by atoms with Gasteiger partial charge in [-0.25, -0.2) is 4.98 Å². The van der Waals surface area contributed by atoms with Crippen molar-refractivity contribution in [2.24, 2.45) is 17.8 Å². The maximum absolute atomic E-state index is 13.1. The van der Waals surface area contributed by atoms with Crippen molar-refractivity contribution in [3.63, 3.8) is 0 Å². The van der Waals surface area contributed by atoms with Crippen LogP contribution in [-0.2, 0) is 28.6 Å². The first-order chi connectivity index (χ1) is 19.8. The Bertz CT molecular complexity index is 909. The molecule has 3 atom stereocenters. The molecule has 41 heavy (non-hydrogen) atoms. The lowest BCUT2D eigenvalue weighted by molar-refractivity contribution is -0.154. The lowest BCUT2D eigenvalue weighted by Gasteiger charge is -2.23. The number of hydrogen-bond donors (Lipinski definition) is 1. The fourth-order valence-electron chi connectivity index (χ4n) is 3.59. The predicted molar refractivity (Wildman–Crippen MR) is 174 cm³/mol. The van der Waals surface area contributed by atoms with E-state index in [1.165, 1.54) is 43.2 Å². The first-order valence-electron chi connectivity index (χ1n) is 13.7. The maximum atomic E-state index is 13.1. The van der Waals surface area contributed by atoms with Gasteiger partial charge in [0.2, 0.25) is 0 Å². The zero-order valence-electron chi connectivity index (χ0n) is 24.2. The summed E-state index contributed by atoms with van der Waals surface area (Å²) in [6, 6.07) is 5.67. The summed E-state index contributed by atoms with van der Waals surface area (Å²) in [5.41, 5.74) is 0. The van der Waals surface area contributed by atoms with Crippen molar-refractivity contribution < 1.29 is 33.7 Å². The summed E-state index contributed by atoms with van der Waals surface area (Å²) in [4.78, 5) is 44.6. The third-order valence-electron chi connectivity index (χ3n) is 5.86. The van der Waals surface area contributed by atoms with Crippen LogP contribution >= 0.6 is 55.4 Å². The van der Waals surface area contributed by atoms with Crippen LogP contribution in [0.4, 0.5) is 0 Å². The van der Waals surface area contributed by atoms with Crippen LogP contribution in [-0.4, -0.2) is 88.2 Å². The fraction of sp³-hybridized carbons (Fsp3) is 0.667. The van der Waals surface area contributed by atoms with Crippen LogP contribution in [0.25, 0.3) is 0 Å². The SMILES string of the molecule is CCC(CC(CC(C)C(=O)OCCSSc1ccccn1)C(=O)OCCSSC(=S)N(CC)CC)C(=O)OCCO. The third-order valence-corrected chi connectivity index (χ3v) is 11.1. The Balaban J connectivity index is 2.63. The number of aliphatic hydroxyl groups excluding tert-OH is 1. The summed E-state index contributed by atoms with van der Waals surface area (Å²) >= 11 is 5.42. The number of aromatic nitrogens is 1. The molecule has 0 bridgehead atoms. The predicted octanol–water partition coefficient (Wildman–Crippen LogP) is 5.51. The second-order valence-electron chi connectivity index (χ2n) is 8.82. The number of rotatable bonds is 21. The highest BCUT2D eigenvalue weighted by atomic mass is 33.1. The molecular weight excluding hydrogens is 625 g/mol. The molecule has 1 rings (SSSR count). The van der Waals surface area contributed by atoms with Gasteiger partial charge >= 0.3 is 17.9 Å². The normalized spacial score (nSPS) is 13.1. The number of pyridine rings is 1. The minimum atomic E-state index is -0.687. The Morgan fingerprint density at radius 3 is 2.17 bits per heavy atom. The maximum Gasteiger partial charge on any atom is 0.309 e. The van der Waals surface area contributed by atoms with E-state index in [9.17, 15) is 14.4 Å². The molecule has 0 radical (unpaired) electrons. The zero-order valence-corrected chi connectivity index (χ0v) is 28.2. The molecule has 1 heterocycles. The molecule has 9 nitrogen and oxygen atoms in total. The summed E-state index contributed by atoms with van der Waals surface area (Å²) in [5.74, 6) is -2.01. The van der Waals surface area contributed by atoms with Crippen LogP contribution in [0.3, 0.4) is 0 Å². The molecule has 0 saturated heterocycles. The van der Waals surface area contributed by atoms with E-state index in [4.69, 9.17) is 31.5 Å². The number of hydrogen-bond acceptors (Lipinski definition) is 13. The van der Waals surface area contributed by atoms with Gasteiger partial charge < -0.3 is 24.2 Å². The van der Waals surface area contributed by atoms with Gasteiger partial charge in [-0.15, -0.1) is 0 Å². The first-order valence-corrected chi connectivity index (χ1v) is 18.7. The number of esters is 3. The van der Waals surface area contributed by atoms with Crippen LogP contribution in [0.2, 0.25) is 0 Å². The topological polar surface area (TPSA) is 115 Å². The summed E-state index contributed by atoms with van der Waals surface area (Å²) < 4.78 is 16.9. The van der Waals surface area contributed by atoms with E-state index in [2.05, 4.69) is 9.88 Å². The highest BCUT2D eigenvalue weighted by Crippen LogP contribution is 2.29. The standard InChI is InChI=1S/C27H42N2O7S5/c1-5-21(25(32)34-13-12-30)19-22(26(33)36-15-17-39-41-27(37)29(6-2)7-3)18-20(4)24(31)35-14-16-38-40-23-10-8-9-11-28-23/h8-11,20-22,30H,5-7,12-19H2,1-4H3. The van der Waals surface area contributed by atoms with Crippen molar-refractivity contribution in [1.82, 2.24) is 9.88 Å². The van der Waals surface area contributed by atoms with Gasteiger partial charge in [-0.3, -0.25) is 14.4 Å². The van der Waals surface area contributed by atoms with E-state index < -0.39 is 35.7 Å². The molecule has 1 aromatic rings. The monoisotopic (exact) mass is 666 g/mol. The number of thiocarbonyl (C=S) groups is 1. The van der Waals surface area contributed by atoms with Crippen LogP contribution in [0, 0.1) is 17.8 Å². The van der Waals surface area contributed by atoms with Crippen molar-refractivity contribution in [2.75, 3.05) is 51.0 Å². The van der Waals surface area contributed by atoms with Gasteiger partial charge in [0.05, 0.1) is 24.4 Å². The summed E-state index contributed by atoms with van der Waals surface area (Å²) in [6.45, 7) is 9.35. The van der Waals surface area contributed by atoms with Crippen LogP contribution in [0.15, 0.2) is 29.4 Å². The van der Waals surface area contributed by atoms with Crippen LogP contribution < -0.4 is 0 Å². The number of aliphatic hydroxyl groups is 1. The average molecular weight is 667 g/mol. The second-order valence-corrected chi connectivity index (χ2v) is 14.3. The van der Waals surface area contributed by atoms with Gasteiger partial charge in [-0.1, -0.05) is 53.7 Å². The lowest BCUT2D eigenvalue weighted by atomic mass is 9.86. The van der Waals surface area contributed by atoms with E-state index >= 15 is 0 Å². The average Bonchev–Trinajstić information content (AvgIpc) is 2.98. The second kappa shape index (κ2) is 23.3. The molecule has 0 spiro atoms. The van der Waals surface area contributed by atoms with E-state index in [0.29, 0.717) is 17.9 Å². The zero-order chi connectivity index (χ0) is 30.5. The van der Waals surface area contributed by atoms with Crippen molar-refractivity contribution in [1.29, 1.82) is 0 Å². The molecule has 3 unspecified atom stereocenters. The summed E-state index contributed by atoms with van der Waals surface area (Å²) in [6.07, 6.45) is 2.54. The van der Waals surface area contributed by atoms with Gasteiger partial charge in [0.15, 0.2) is 0 Å². The molecule has 1 aromatic heterocycles. The van der Waals surface area contributed by atoms with Gasteiger partial charge in [0, 0.05) is 30.8 Å². The Morgan fingerprint density at radius 2 is 1.56 bits per heavy atom. The van der Waals surface area contributed by atoms with E-state index in [0.717, 1.165) is 22.4 Å². The molecule has 232 valence electrons. The highest BCUT2D eigenvalue weighted by Gasteiger charge is 2.31. The van der Waals surface area contributed by atoms with Crippen molar-refractivity contribution in [3.8, 4) is 0 Å². The molecule has 0 aliphatic heterocycles. The number of nitrogens with zero attached hydrogens (tertiary/aromatic N) is 2. The molecule has 0 aromatic carbocycles. The first kappa shape index (κ1) is 37.8. The van der Waals surface area contributed by atoms with Crippen molar-refractivity contribution in [2.45, 2.75) is 52.0 Å². The number of carbonyl (C=O) groups excluding carboxylic acids is 3. The molecule has 14 heteroatoms. The van der Waals surface area contributed by atoms with Crippen LogP contribution in [0.5, 0.6) is 0 Å². The molecule has 0 saturated carbocycles. The molecule has 0 aliphatic carbocycles. The van der Waals surface area contributed by atoms with Crippen molar-refractivity contribution in [3.05, 3.63) is 24.4 Å². The Labute approximate surface area is 265 Å². The molecular formula is C27H42N2O7S5. The van der Waals surface area contributed by atoms with Crippen molar-refractivity contribution >= 4 is 77.6 Å². The Morgan fingerprint density at radius 1 is 0.927 bits per heavy atom. The minimum Gasteiger partial charge on any atom is -0.465 e. The molecule has 0 fully saturated rings. The summed E-state index contributed by atoms with van der Waals surface area (Å²) in [5, 5.41) is 9.87. The molecule has 0 amide bonds. The van der Waals surface area contributed by atoms with Crippen LogP contribution in [0.1, 0.15) is 47.0 Å². The fourth-order valence-corrected chi connectivity index (χ4v) is 7.76. The van der Waals surface area contributed by atoms with Gasteiger partial charge in [-0.05, 0) is 66.8 Å². The van der Waals surface area contributed by atoms with Gasteiger partial charge in [0.1, 0.15) is 29.2 Å². The van der Waals surface area contributed by atoms with E-state index in [1.807, 2.05) is 39.0 Å². The quantitative estimate of drug-likeness (QED) is 0.0584. The minimum absolute atomic E-state index is 0.103. The smallest absolute Gasteiger partial charge is 0.309 e. The van der Waals surface area contributed by atoms with Gasteiger partial charge in [-0.2, -0.15) is 0 Å². The Hall–Kier alpha value is -1.19.